The topological polar surface area (TPSA) is 6.48 Å². The third-order valence-corrected chi connectivity index (χ3v) is 6.24. The lowest BCUT2D eigenvalue weighted by Gasteiger charge is -2.41. The molecule has 0 radical (unpaired) electrons. The zero-order valence-electron chi connectivity index (χ0n) is 17.7. The first-order valence-electron chi connectivity index (χ1n) is 10.5. The maximum Gasteiger partial charge on any atom is 0.0466 e. The summed E-state index contributed by atoms with van der Waals surface area (Å²) in [6, 6.07) is 36.8. The largest absolute Gasteiger partial charge is 0.344 e. The molecule has 0 N–H and O–H groups in total. The van der Waals surface area contributed by atoms with Gasteiger partial charge in [0.2, 0.25) is 0 Å². The number of anilines is 5. The normalized spacial score (nSPS) is 14.0. The number of fused-ring (bicyclic) bond motifs is 2. The molecule has 4 aromatic carbocycles. The van der Waals surface area contributed by atoms with Gasteiger partial charge in [-0.3, -0.25) is 0 Å². The Hall–Kier alpha value is -3.52. The number of benzene rings is 4. The molecule has 2 heteroatoms. The number of para-hydroxylation sites is 3. The third-order valence-electron chi connectivity index (χ3n) is 6.24. The van der Waals surface area contributed by atoms with Gasteiger partial charge in [-0.1, -0.05) is 68.4 Å². The van der Waals surface area contributed by atoms with Crippen molar-refractivity contribution >= 4 is 28.4 Å². The van der Waals surface area contributed by atoms with Crippen LogP contribution in [0.4, 0.5) is 28.4 Å². The van der Waals surface area contributed by atoms with E-state index in [1.165, 1.54) is 28.2 Å². The Kier molecular flexibility index (Phi) is 4.36. The van der Waals surface area contributed by atoms with Crippen LogP contribution in [-0.4, -0.2) is 7.05 Å². The lowest BCUT2D eigenvalue weighted by molar-refractivity contribution is 0.629. The summed E-state index contributed by atoms with van der Waals surface area (Å²) >= 11 is 0. The molecule has 0 bridgehead atoms. The fraction of sp³-hybridized carbons (Fsp3) is 0.143. The molecule has 2 nitrogen and oxygen atoms in total. The average Bonchev–Trinajstić information content (AvgIpc) is 2.79. The molecule has 0 amide bonds. The van der Waals surface area contributed by atoms with Crippen LogP contribution < -0.4 is 9.80 Å². The average molecular weight is 391 g/mol. The van der Waals surface area contributed by atoms with E-state index in [-0.39, 0.29) is 5.41 Å². The van der Waals surface area contributed by atoms with E-state index in [0.29, 0.717) is 0 Å². The van der Waals surface area contributed by atoms with Crippen LogP contribution in [0.15, 0.2) is 103 Å². The van der Waals surface area contributed by atoms with Crippen molar-refractivity contribution in [3.8, 4) is 0 Å². The second-order valence-electron chi connectivity index (χ2n) is 8.41. The Morgan fingerprint density at radius 2 is 1.10 bits per heavy atom. The Balaban J connectivity index is 1.70. The molecule has 5 rings (SSSR count). The minimum atomic E-state index is -0.0759. The van der Waals surface area contributed by atoms with Crippen molar-refractivity contribution in [2.45, 2.75) is 19.3 Å². The second kappa shape index (κ2) is 7.07. The lowest BCUT2D eigenvalue weighted by Crippen LogP contribution is -2.31. The molecule has 1 aliphatic rings. The van der Waals surface area contributed by atoms with E-state index in [2.05, 4.69) is 134 Å². The van der Waals surface area contributed by atoms with Gasteiger partial charge < -0.3 is 9.80 Å². The van der Waals surface area contributed by atoms with E-state index in [4.69, 9.17) is 0 Å². The Bertz CT molecular complexity index is 1140. The molecular weight excluding hydrogens is 364 g/mol. The zero-order chi connectivity index (χ0) is 20.7. The molecule has 0 spiro atoms. The predicted octanol–water partition coefficient (Wildman–Crippen LogP) is 7.56. The molecule has 0 unspecified atom stereocenters. The fourth-order valence-electron chi connectivity index (χ4n) is 4.63. The van der Waals surface area contributed by atoms with E-state index < -0.39 is 0 Å². The number of nitrogens with zero attached hydrogens (tertiary/aromatic N) is 2. The molecule has 0 fully saturated rings. The first-order valence-corrected chi connectivity index (χ1v) is 10.5. The highest BCUT2D eigenvalue weighted by atomic mass is 15.2. The molecule has 0 aromatic heterocycles. The summed E-state index contributed by atoms with van der Waals surface area (Å²) in [7, 11) is 2.17. The predicted molar refractivity (Wildman–Crippen MR) is 128 cm³/mol. The highest BCUT2D eigenvalue weighted by molar-refractivity contribution is 5.83. The summed E-state index contributed by atoms with van der Waals surface area (Å²) in [5.74, 6) is 0. The summed E-state index contributed by atoms with van der Waals surface area (Å²) in [5, 5.41) is 0. The first kappa shape index (κ1) is 18.5. The van der Waals surface area contributed by atoms with E-state index in [9.17, 15) is 0 Å². The first-order chi connectivity index (χ1) is 14.6. The maximum absolute atomic E-state index is 2.36. The minimum Gasteiger partial charge on any atom is -0.344 e. The van der Waals surface area contributed by atoms with E-state index in [0.717, 1.165) is 11.4 Å². The van der Waals surface area contributed by atoms with Crippen molar-refractivity contribution in [2.24, 2.45) is 0 Å². The molecule has 30 heavy (non-hydrogen) atoms. The summed E-state index contributed by atoms with van der Waals surface area (Å²) in [6.07, 6.45) is 0. The molecule has 4 aromatic rings. The van der Waals surface area contributed by atoms with Gasteiger partial charge in [-0.15, -0.1) is 0 Å². The molecule has 148 valence electrons. The van der Waals surface area contributed by atoms with Crippen molar-refractivity contribution in [1.82, 2.24) is 0 Å². The highest BCUT2D eigenvalue weighted by Gasteiger charge is 2.35. The van der Waals surface area contributed by atoms with Crippen LogP contribution in [0.5, 0.6) is 0 Å². The lowest BCUT2D eigenvalue weighted by atomic mass is 9.73. The van der Waals surface area contributed by atoms with E-state index in [1.54, 1.807) is 0 Å². The molecule has 0 saturated heterocycles. The molecular formula is C28H26N2. The van der Waals surface area contributed by atoms with Crippen molar-refractivity contribution in [2.75, 3.05) is 16.8 Å². The van der Waals surface area contributed by atoms with Crippen molar-refractivity contribution in [3.63, 3.8) is 0 Å². The monoisotopic (exact) mass is 390 g/mol. The molecule has 0 atom stereocenters. The van der Waals surface area contributed by atoms with Crippen LogP contribution >= 0.6 is 0 Å². The summed E-state index contributed by atoms with van der Waals surface area (Å²) < 4.78 is 0. The second-order valence-corrected chi connectivity index (χ2v) is 8.41. The van der Waals surface area contributed by atoms with Gasteiger partial charge in [0.15, 0.2) is 0 Å². The smallest absolute Gasteiger partial charge is 0.0466 e. The molecule has 1 heterocycles. The van der Waals surface area contributed by atoms with Gasteiger partial charge >= 0.3 is 0 Å². The number of hydrogen-bond acceptors (Lipinski definition) is 2. The van der Waals surface area contributed by atoms with Crippen molar-refractivity contribution in [1.29, 1.82) is 0 Å². The third kappa shape index (κ3) is 2.88. The highest BCUT2D eigenvalue weighted by Crippen LogP contribution is 2.49. The van der Waals surface area contributed by atoms with Gasteiger partial charge in [0.05, 0.1) is 0 Å². The molecule has 0 saturated carbocycles. The van der Waals surface area contributed by atoms with E-state index >= 15 is 0 Å². The SMILES string of the molecule is CN1c2ccccc2C(C)(C)c2cc(N(c3ccccc3)c3ccccc3)ccc21. The van der Waals surface area contributed by atoms with Gasteiger partial charge in [0, 0.05) is 40.9 Å². The summed E-state index contributed by atoms with van der Waals surface area (Å²) in [4.78, 5) is 4.64. The number of hydrogen-bond donors (Lipinski definition) is 0. The zero-order valence-corrected chi connectivity index (χ0v) is 17.7. The Labute approximate surface area is 179 Å². The van der Waals surface area contributed by atoms with Crippen LogP contribution in [0, 0.1) is 0 Å². The standard InChI is InChI=1S/C28H26N2/c1-28(2)24-16-10-11-17-26(24)29(3)27-19-18-23(20-25(27)28)30(21-12-6-4-7-13-21)22-14-8-5-9-15-22/h4-20H,1-3H3. The van der Waals surface area contributed by atoms with Gasteiger partial charge in [-0.2, -0.15) is 0 Å². The van der Waals surface area contributed by atoms with Gasteiger partial charge in [0.25, 0.3) is 0 Å². The Morgan fingerprint density at radius 3 is 1.73 bits per heavy atom. The van der Waals surface area contributed by atoms with Crippen LogP contribution in [-0.2, 0) is 5.41 Å². The van der Waals surface area contributed by atoms with Crippen LogP contribution in [0.2, 0.25) is 0 Å². The van der Waals surface area contributed by atoms with Crippen LogP contribution in [0.1, 0.15) is 25.0 Å². The van der Waals surface area contributed by atoms with Gasteiger partial charge in [0.1, 0.15) is 0 Å². The quantitative estimate of drug-likeness (QED) is 0.356. The maximum atomic E-state index is 2.36. The van der Waals surface area contributed by atoms with Crippen molar-refractivity contribution in [3.05, 3.63) is 114 Å². The fourth-order valence-corrected chi connectivity index (χ4v) is 4.63. The summed E-state index contributed by atoms with van der Waals surface area (Å²) in [5.41, 5.74) is 8.67. The van der Waals surface area contributed by atoms with Crippen molar-refractivity contribution < 1.29 is 0 Å². The van der Waals surface area contributed by atoms with Crippen LogP contribution in [0.25, 0.3) is 0 Å². The van der Waals surface area contributed by atoms with Crippen LogP contribution in [0.3, 0.4) is 0 Å². The summed E-state index contributed by atoms with van der Waals surface area (Å²) in [6.45, 7) is 4.66. The molecule has 1 aliphatic heterocycles. The minimum absolute atomic E-state index is 0.0759. The van der Waals surface area contributed by atoms with Gasteiger partial charge in [-0.05, 0) is 59.7 Å². The van der Waals surface area contributed by atoms with E-state index in [1.807, 2.05) is 0 Å². The number of rotatable bonds is 3. The molecule has 0 aliphatic carbocycles. The van der Waals surface area contributed by atoms with Gasteiger partial charge in [-0.25, -0.2) is 0 Å². The Morgan fingerprint density at radius 1 is 0.567 bits per heavy atom.